The van der Waals surface area contributed by atoms with Gasteiger partial charge in [0, 0.05) is 6.42 Å². The summed E-state index contributed by atoms with van der Waals surface area (Å²) in [7, 11) is 0. The summed E-state index contributed by atoms with van der Waals surface area (Å²) in [6.07, 6.45) is 1.94. The maximum absolute atomic E-state index is 10.8. The summed E-state index contributed by atoms with van der Waals surface area (Å²) in [5, 5.41) is -0.150. The molecule has 2 atom stereocenters. The fourth-order valence-electron chi connectivity index (χ4n) is 1.53. The minimum Gasteiger partial charge on any atom is -0.287 e. The number of hydrogen-bond acceptors (Lipinski definition) is 3. The third-order valence-electron chi connectivity index (χ3n) is 3.30. The molecule has 1 aliphatic heterocycles. The van der Waals surface area contributed by atoms with Crippen molar-refractivity contribution in [3.63, 3.8) is 0 Å². The van der Waals surface area contributed by atoms with E-state index in [1.807, 2.05) is 6.92 Å². The van der Waals surface area contributed by atoms with Crippen molar-refractivity contribution < 1.29 is 14.6 Å². The zero-order chi connectivity index (χ0) is 11.7. The second-order valence-electron chi connectivity index (χ2n) is 5.42. The van der Waals surface area contributed by atoms with Gasteiger partial charge in [0.25, 0.3) is 0 Å². The molecular weight excluding hydrogens is 212 g/mol. The molecule has 0 aliphatic carbocycles. The van der Waals surface area contributed by atoms with Crippen LogP contribution in [0.1, 0.15) is 47.0 Å². The van der Waals surface area contributed by atoms with E-state index >= 15 is 0 Å². The van der Waals surface area contributed by atoms with Crippen LogP contribution in [0.15, 0.2) is 0 Å². The molecule has 0 aromatic heterocycles. The molecule has 0 N–H and O–H groups in total. The Bertz CT molecular complexity index is 237. The Morgan fingerprint density at radius 3 is 2.47 bits per heavy atom. The highest BCUT2D eigenvalue weighted by atomic mass is 32.1. The van der Waals surface area contributed by atoms with Gasteiger partial charge in [-0.25, -0.2) is 9.78 Å². The van der Waals surface area contributed by atoms with Crippen molar-refractivity contribution in [1.82, 2.24) is 0 Å². The summed E-state index contributed by atoms with van der Waals surface area (Å²) in [4.78, 5) is 21.5. The molecule has 0 bridgehead atoms. The van der Waals surface area contributed by atoms with Crippen molar-refractivity contribution in [3.05, 3.63) is 0 Å². The number of carbonyl (C=O) groups excluding carboxylic acids is 1. The molecular formula is C11H20O3S. The molecule has 0 spiro atoms. The fraction of sp³-hybridized carbons (Fsp3) is 0.909. The summed E-state index contributed by atoms with van der Waals surface area (Å²) in [6.45, 7) is 8.42. The van der Waals surface area contributed by atoms with E-state index < -0.39 is 0 Å². The molecule has 1 heterocycles. The Kier molecular flexibility index (Phi) is 3.85. The van der Waals surface area contributed by atoms with Crippen LogP contribution in [0.3, 0.4) is 0 Å². The fourth-order valence-corrected chi connectivity index (χ4v) is 1.73. The van der Waals surface area contributed by atoms with Crippen LogP contribution in [0, 0.1) is 5.41 Å². The molecule has 88 valence electrons. The highest BCUT2D eigenvalue weighted by Gasteiger charge is 2.43. The minimum absolute atomic E-state index is 0.0307. The predicted octanol–water partition coefficient (Wildman–Crippen LogP) is 2.75. The first-order chi connectivity index (χ1) is 6.74. The van der Waals surface area contributed by atoms with Crippen LogP contribution in [0.25, 0.3) is 0 Å². The molecule has 0 aromatic carbocycles. The Hall–Kier alpha value is -0.0600. The maximum atomic E-state index is 10.8. The Morgan fingerprint density at radius 2 is 2.13 bits per heavy atom. The predicted molar refractivity (Wildman–Crippen MR) is 61.7 cm³/mol. The lowest BCUT2D eigenvalue weighted by Gasteiger charge is -2.44. The first-order valence-electron chi connectivity index (χ1n) is 5.31. The second kappa shape index (κ2) is 4.44. The third kappa shape index (κ3) is 3.20. The lowest BCUT2D eigenvalue weighted by atomic mass is 9.74. The van der Waals surface area contributed by atoms with E-state index in [4.69, 9.17) is 9.78 Å². The maximum Gasteiger partial charge on any atom is 0.188 e. The van der Waals surface area contributed by atoms with Crippen molar-refractivity contribution in [2.75, 3.05) is 0 Å². The van der Waals surface area contributed by atoms with Crippen LogP contribution in [0.4, 0.5) is 0 Å². The lowest BCUT2D eigenvalue weighted by molar-refractivity contribution is -0.422. The SMILES string of the molecule is CC(C)(C)C1(C)CCC(CC(=O)S)OO1. The van der Waals surface area contributed by atoms with E-state index in [1.165, 1.54) is 0 Å². The van der Waals surface area contributed by atoms with Gasteiger partial charge in [-0.2, -0.15) is 0 Å². The van der Waals surface area contributed by atoms with Gasteiger partial charge in [-0.3, -0.25) is 4.79 Å². The number of thiol groups is 1. The molecule has 0 amide bonds. The van der Waals surface area contributed by atoms with Crippen molar-refractivity contribution in [2.45, 2.75) is 58.7 Å². The van der Waals surface area contributed by atoms with Crippen LogP contribution in [0.5, 0.6) is 0 Å². The van der Waals surface area contributed by atoms with Crippen molar-refractivity contribution in [2.24, 2.45) is 5.41 Å². The number of carbonyl (C=O) groups is 1. The van der Waals surface area contributed by atoms with Gasteiger partial charge in [-0.05, 0) is 25.2 Å². The normalized spacial score (nSPS) is 32.7. The van der Waals surface area contributed by atoms with E-state index in [1.54, 1.807) is 0 Å². The van der Waals surface area contributed by atoms with Gasteiger partial charge in [-0.1, -0.05) is 20.8 Å². The Labute approximate surface area is 96.9 Å². The smallest absolute Gasteiger partial charge is 0.188 e. The van der Waals surface area contributed by atoms with Crippen LogP contribution >= 0.6 is 12.6 Å². The first kappa shape index (κ1) is 13.0. The molecule has 0 saturated carbocycles. The summed E-state index contributed by atoms with van der Waals surface area (Å²) >= 11 is 3.73. The first-order valence-corrected chi connectivity index (χ1v) is 5.76. The quantitative estimate of drug-likeness (QED) is 0.587. The van der Waals surface area contributed by atoms with Gasteiger partial charge in [0.2, 0.25) is 0 Å². The Balaban J connectivity index is 2.52. The van der Waals surface area contributed by atoms with Gasteiger partial charge in [0.15, 0.2) is 5.12 Å². The average Bonchev–Trinajstić information content (AvgIpc) is 2.06. The summed E-state index contributed by atoms with van der Waals surface area (Å²) in [5.41, 5.74) is -0.244. The zero-order valence-corrected chi connectivity index (χ0v) is 10.8. The summed E-state index contributed by atoms with van der Waals surface area (Å²) in [5.74, 6) is 0. The zero-order valence-electron chi connectivity index (χ0n) is 9.87. The van der Waals surface area contributed by atoms with Crippen molar-refractivity contribution in [1.29, 1.82) is 0 Å². The summed E-state index contributed by atoms with van der Waals surface area (Å²) in [6, 6.07) is 0. The third-order valence-corrected chi connectivity index (χ3v) is 3.48. The van der Waals surface area contributed by atoms with E-state index in [0.717, 1.165) is 12.8 Å². The largest absolute Gasteiger partial charge is 0.287 e. The Morgan fingerprint density at radius 1 is 1.53 bits per heavy atom. The minimum atomic E-state index is -0.275. The van der Waals surface area contributed by atoms with Gasteiger partial charge >= 0.3 is 0 Å². The van der Waals surface area contributed by atoms with E-state index in [9.17, 15) is 4.79 Å². The van der Waals surface area contributed by atoms with E-state index in [0.29, 0.717) is 6.42 Å². The number of hydrogen-bond donors (Lipinski definition) is 1. The topological polar surface area (TPSA) is 35.5 Å². The second-order valence-corrected chi connectivity index (χ2v) is 5.92. The van der Waals surface area contributed by atoms with Gasteiger partial charge in [0.1, 0.15) is 11.7 Å². The van der Waals surface area contributed by atoms with Crippen LogP contribution in [-0.2, 0) is 14.6 Å². The molecule has 1 aliphatic rings. The van der Waals surface area contributed by atoms with Gasteiger partial charge in [-0.15, -0.1) is 12.6 Å². The molecule has 3 nitrogen and oxygen atoms in total. The van der Waals surface area contributed by atoms with Crippen molar-refractivity contribution >= 4 is 17.7 Å². The summed E-state index contributed by atoms with van der Waals surface area (Å²) < 4.78 is 0. The lowest BCUT2D eigenvalue weighted by Crippen LogP contribution is -2.47. The van der Waals surface area contributed by atoms with Crippen LogP contribution < -0.4 is 0 Å². The van der Waals surface area contributed by atoms with Gasteiger partial charge in [0.05, 0.1) is 0 Å². The average molecular weight is 232 g/mol. The molecule has 0 radical (unpaired) electrons. The highest BCUT2D eigenvalue weighted by molar-refractivity contribution is 7.96. The molecule has 15 heavy (non-hydrogen) atoms. The molecule has 0 aromatic rings. The van der Waals surface area contributed by atoms with E-state index in [-0.39, 0.29) is 22.2 Å². The molecule has 4 heteroatoms. The van der Waals surface area contributed by atoms with E-state index in [2.05, 4.69) is 33.4 Å². The highest BCUT2D eigenvalue weighted by Crippen LogP contribution is 2.41. The standard InChI is InChI=1S/C11H20O3S/c1-10(2,3)11(4)6-5-8(13-14-11)7-9(12)15/h8H,5-7H2,1-4H3,(H,12,15). The molecule has 1 fully saturated rings. The van der Waals surface area contributed by atoms with Crippen LogP contribution in [0.2, 0.25) is 0 Å². The number of rotatable bonds is 2. The van der Waals surface area contributed by atoms with Crippen LogP contribution in [-0.4, -0.2) is 16.8 Å². The van der Waals surface area contributed by atoms with Crippen molar-refractivity contribution in [3.8, 4) is 0 Å². The van der Waals surface area contributed by atoms with Gasteiger partial charge < -0.3 is 0 Å². The molecule has 2 unspecified atom stereocenters. The monoisotopic (exact) mass is 232 g/mol. The molecule has 1 rings (SSSR count). The molecule has 1 saturated heterocycles.